The number of nitrogen functional groups attached to an aromatic ring is 1. The van der Waals surface area contributed by atoms with Crippen molar-refractivity contribution < 1.29 is 28.3 Å². The van der Waals surface area contributed by atoms with Crippen LogP contribution in [0.25, 0.3) is 11.2 Å². The normalized spacial score (nSPS) is 14.3. The number of carbonyl (C=O) groups excluding carboxylic acids is 1. The molecule has 4 aromatic rings. The molecule has 14 heteroatoms. The predicted molar refractivity (Wildman–Crippen MR) is 147 cm³/mol. The summed E-state index contributed by atoms with van der Waals surface area (Å²) in [4.78, 5) is 35.2. The second-order valence-electron chi connectivity index (χ2n) is 9.04. The van der Waals surface area contributed by atoms with Crippen LogP contribution in [0, 0.1) is 5.92 Å². The topological polar surface area (TPSA) is 184 Å². The molecule has 0 saturated carbocycles. The number of hydrogen-bond acceptors (Lipinski definition) is 10. The number of imidazole rings is 1. The first-order valence-electron chi connectivity index (χ1n) is 12.6. The van der Waals surface area contributed by atoms with Crippen LogP contribution in [0.2, 0.25) is 0 Å². The van der Waals surface area contributed by atoms with Gasteiger partial charge in [-0.1, -0.05) is 48.5 Å². The maximum Gasteiger partial charge on any atom is 0.459 e. The summed E-state index contributed by atoms with van der Waals surface area (Å²) in [6, 6.07) is 16.5. The summed E-state index contributed by atoms with van der Waals surface area (Å²) in [5, 5.41) is 12.6. The number of nitrogens with two attached hydrogens (primary N) is 1. The van der Waals surface area contributed by atoms with Gasteiger partial charge in [-0.15, -0.1) is 0 Å². The molecule has 40 heavy (non-hydrogen) atoms. The molecule has 0 amide bonds. The number of aromatic amines is 1. The van der Waals surface area contributed by atoms with E-state index in [1.165, 1.54) is 13.3 Å². The van der Waals surface area contributed by atoms with Gasteiger partial charge in [0.15, 0.2) is 11.2 Å². The summed E-state index contributed by atoms with van der Waals surface area (Å²) < 4.78 is 32.1. The maximum atomic E-state index is 13.8. The highest BCUT2D eigenvalue weighted by molar-refractivity contribution is 7.52. The van der Waals surface area contributed by atoms with Gasteiger partial charge in [-0.3, -0.25) is 19.1 Å². The molecule has 2 aromatic heterocycles. The minimum Gasteiger partial charge on any atom is -0.460 e. The smallest absolute Gasteiger partial charge is 0.459 e. The second-order valence-corrected chi connectivity index (χ2v) is 10.7. The molecule has 0 aliphatic heterocycles. The fourth-order valence-corrected chi connectivity index (χ4v) is 5.31. The summed E-state index contributed by atoms with van der Waals surface area (Å²) in [6.45, 7) is 1.41. The number of aliphatic hydroxyl groups excluding tert-OH is 1. The SMILES string of the molecule is C[C@H](NP(=O)(OCC(CO)CCn1cnc2c(=O)[nH]c(N)nc21)Oc1ccccc1)C(=O)OCc1ccccc1. The third kappa shape index (κ3) is 7.76. The molecule has 0 bridgehead atoms. The number of nitrogens with zero attached hydrogens (tertiary/aromatic N) is 3. The van der Waals surface area contributed by atoms with Crippen molar-refractivity contribution in [3.63, 3.8) is 0 Å². The summed E-state index contributed by atoms with van der Waals surface area (Å²) in [5.41, 5.74) is 6.45. The third-order valence-corrected chi connectivity index (χ3v) is 7.55. The number of para-hydroxylation sites is 1. The third-order valence-electron chi connectivity index (χ3n) is 5.91. The molecule has 2 unspecified atom stereocenters. The van der Waals surface area contributed by atoms with Gasteiger partial charge in [0.25, 0.3) is 5.56 Å². The quantitative estimate of drug-likeness (QED) is 0.129. The van der Waals surface area contributed by atoms with Gasteiger partial charge in [0.2, 0.25) is 5.95 Å². The molecule has 4 rings (SSSR count). The van der Waals surface area contributed by atoms with E-state index in [4.69, 9.17) is 19.5 Å². The van der Waals surface area contributed by atoms with E-state index in [2.05, 4.69) is 20.0 Å². The van der Waals surface area contributed by atoms with Crippen molar-refractivity contribution in [3.8, 4) is 5.75 Å². The van der Waals surface area contributed by atoms with Gasteiger partial charge in [0.05, 0.1) is 12.9 Å². The van der Waals surface area contributed by atoms with Crippen molar-refractivity contribution in [1.29, 1.82) is 0 Å². The van der Waals surface area contributed by atoms with Crippen LogP contribution in [0.3, 0.4) is 0 Å². The lowest BCUT2D eigenvalue weighted by atomic mass is 10.1. The lowest BCUT2D eigenvalue weighted by Gasteiger charge is -2.24. The van der Waals surface area contributed by atoms with E-state index in [0.29, 0.717) is 18.6 Å². The number of hydrogen-bond donors (Lipinski definition) is 4. The van der Waals surface area contributed by atoms with Gasteiger partial charge >= 0.3 is 13.7 Å². The second kappa shape index (κ2) is 13.4. The summed E-state index contributed by atoms with van der Waals surface area (Å²) in [6.07, 6.45) is 1.81. The standard InChI is InChI=1S/C26H31N6O7P/c1-18(25(35)37-15-19-8-4-2-5-9-19)31-40(36,39-21-10-6-3-7-11-21)38-16-20(14-33)12-13-32-17-28-22-23(32)29-26(27)30-24(22)34/h2-11,17-18,20,33H,12-16H2,1H3,(H,31,36)(H3,27,29,30,34)/t18-,20?,40?/m0/s1. The number of esters is 1. The van der Waals surface area contributed by atoms with E-state index in [1.807, 2.05) is 30.3 Å². The Balaban J connectivity index is 1.40. The Morgan fingerprint density at radius 1 is 1.18 bits per heavy atom. The Labute approximate surface area is 229 Å². The first-order chi connectivity index (χ1) is 19.3. The van der Waals surface area contributed by atoms with Gasteiger partial charge < -0.3 is 24.7 Å². The average Bonchev–Trinajstić information content (AvgIpc) is 3.35. The average molecular weight is 571 g/mol. The molecule has 0 fully saturated rings. The van der Waals surface area contributed by atoms with Crippen LogP contribution in [0.1, 0.15) is 18.9 Å². The van der Waals surface area contributed by atoms with E-state index in [9.17, 15) is 19.3 Å². The zero-order valence-corrected chi connectivity index (χ0v) is 22.7. The Morgan fingerprint density at radius 2 is 1.88 bits per heavy atom. The van der Waals surface area contributed by atoms with Crippen molar-refractivity contribution in [2.45, 2.75) is 32.5 Å². The maximum absolute atomic E-state index is 13.8. The fraction of sp³-hybridized carbons (Fsp3) is 0.308. The van der Waals surface area contributed by atoms with Crippen LogP contribution in [0.5, 0.6) is 5.75 Å². The molecule has 0 radical (unpaired) electrons. The number of carbonyl (C=O) groups is 1. The molecule has 5 N–H and O–H groups in total. The van der Waals surface area contributed by atoms with Crippen LogP contribution in [0.15, 0.2) is 71.8 Å². The van der Waals surface area contributed by atoms with Gasteiger partial charge in [-0.2, -0.15) is 10.1 Å². The predicted octanol–water partition coefficient (Wildman–Crippen LogP) is 2.63. The molecule has 2 heterocycles. The number of rotatable bonds is 14. The van der Waals surface area contributed by atoms with Crippen molar-refractivity contribution in [2.24, 2.45) is 5.92 Å². The highest BCUT2D eigenvalue weighted by Gasteiger charge is 2.33. The number of ether oxygens (including phenoxy) is 1. The lowest BCUT2D eigenvalue weighted by molar-refractivity contribution is -0.146. The zero-order valence-electron chi connectivity index (χ0n) is 21.8. The largest absolute Gasteiger partial charge is 0.460 e. The van der Waals surface area contributed by atoms with Gasteiger partial charge in [0, 0.05) is 19.1 Å². The molecule has 0 spiro atoms. The van der Waals surface area contributed by atoms with Gasteiger partial charge in [0.1, 0.15) is 18.4 Å². The van der Waals surface area contributed by atoms with Crippen LogP contribution in [0.4, 0.5) is 5.95 Å². The summed E-state index contributed by atoms with van der Waals surface area (Å²) in [5.74, 6) is -0.895. The molecule has 0 aliphatic carbocycles. The number of fused-ring (bicyclic) bond motifs is 1. The van der Waals surface area contributed by atoms with E-state index in [1.54, 1.807) is 34.9 Å². The number of aliphatic hydroxyl groups is 1. The zero-order chi connectivity index (χ0) is 28.5. The van der Waals surface area contributed by atoms with Gasteiger partial charge in [-0.25, -0.2) is 9.55 Å². The minimum absolute atomic E-state index is 0.0391. The van der Waals surface area contributed by atoms with E-state index >= 15 is 0 Å². The van der Waals surface area contributed by atoms with Crippen LogP contribution in [-0.4, -0.2) is 49.9 Å². The number of H-pyrrole nitrogens is 1. The van der Waals surface area contributed by atoms with E-state index in [-0.39, 0.29) is 37.0 Å². The van der Waals surface area contributed by atoms with Crippen LogP contribution in [-0.2, 0) is 31.8 Å². The summed E-state index contributed by atoms with van der Waals surface area (Å²) >= 11 is 0. The van der Waals surface area contributed by atoms with Crippen molar-refractivity contribution in [3.05, 3.63) is 82.9 Å². The van der Waals surface area contributed by atoms with Crippen LogP contribution < -0.4 is 20.9 Å². The summed E-state index contributed by atoms with van der Waals surface area (Å²) in [7, 11) is -4.11. The first-order valence-corrected chi connectivity index (χ1v) is 14.1. The molecule has 212 valence electrons. The minimum atomic E-state index is -4.11. The number of nitrogens with one attached hydrogen (secondary N) is 2. The lowest BCUT2D eigenvalue weighted by Crippen LogP contribution is -2.35. The van der Waals surface area contributed by atoms with Gasteiger partial charge in [-0.05, 0) is 31.0 Å². The van der Waals surface area contributed by atoms with Crippen molar-refractivity contribution in [2.75, 3.05) is 18.9 Å². The van der Waals surface area contributed by atoms with E-state index in [0.717, 1.165) is 5.56 Å². The highest BCUT2D eigenvalue weighted by Crippen LogP contribution is 2.45. The molecular formula is C26H31N6O7P. The molecule has 2 aromatic carbocycles. The number of anilines is 1. The highest BCUT2D eigenvalue weighted by atomic mass is 31.2. The molecule has 3 atom stereocenters. The molecule has 0 saturated heterocycles. The molecule has 0 aliphatic rings. The Hall–Kier alpha value is -4.03. The monoisotopic (exact) mass is 570 g/mol. The Bertz CT molecular complexity index is 1510. The van der Waals surface area contributed by atoms with Crippen molar-refractivity contribution in [1.82, 2.24) is 24.6 Å². The number of benzene rings is 2. The number of aromatic nitrogens is 4. The molecular weight excluding hydrogens is 539 g/mol. The van der Waals surface area contributed by atoms with Crippen LogP contribution >= 0.6 is 7.75 Å². The Morgan fingerprint density at radius 3 is 2.58 bits per heavy atom. The number of aryl methyl sites for hydroxylation is 1. The first kappa shape index (κ1) is 29.0. The van der Waals surface area contributed by atoms with Crippen molar-refractivity contribution >= 4 is 30.8 Å². The fourth-order valence-electron chi connectivity index (χ4n) is 3.74. The van der Waals surface area contributed by atoms with E-state index < -0.39 is 31.2 Å². The molecule has 13 nitrogen and oxygen atoms in total. The Kier molecular flexibility index (Phi) is 9.67.